The van der Waals surface area contributed by atoms with Crippen LogP contribution in [0, 0.1) is 0 Å². The number of benzene rings is 1. The van der Waals surface area contributed by atoms with E-state index < -0.39 is 28.5 Å². The number of nitrogens with zero attached hydrogens (tertiary/aromatic N) is 1. The van der Waals surface area contributed by atoms with E-state index in [0.29, 0.717) is 13.1 Å². The van der Waals surface area contributed by atoms with Crippen molar-refractivity contribution in [3.63, 3.8) is 0 Å². The summed E-state index contributed by atoms with van der Waals surface area (Å²) in [5.74, 6) is -1.06. The lowest BCUT2D eigenvalue weighted by molar-refractivity contribution is -0.123. The number of carbonyl (C=O) groups excluding carboxylic acids is 2. The maximum absolute atomic E-state index is 13.0. The van der Waals surface area contributed by atoms with Crippen LogP contribution in [0.5, 0.6) is 5.75 Å². The Bertz CT molecular complexity index is 755. The van der Waals surface area contributed by atoms with Gasteiger partial charge >= 0.3 is 5.97 Å². The van der Waals surface area contributed by atoms with E-state index in [2.05, 4.69) is 5.32 Å². The van der Waals surface area contributed by atoms with E-state index in [1.807, 2.05) is 0 Å². The van der Waals surface area contributed by atoms with Crippen LogP contribution < -0.4 is 10.1 Å². The molecular formula is C17H24N2O6S. The molecule has 0 radical (unpaired) electrons. The van der Waals surface area contributed by atoms with Gasteiger partial charge in [-0.15, -0.1) is 0 Å². The second-order valence-electron chi connectivity index (χ2n) is 5.93. The smallest absolute Gasteiger partial charge is 0.338 e. The number of amides is 1. The number of nitrogens with one attached hydrogen (secondary N) is 1. The minimum atomic E-state index is -3.80. The first-order valence-corrected chi connectivity index (χ1v) is 9.90. The van der Waals surface area contributed by atoms with Crippen LogP contribution in [0.25, 0.3) is 0 Å². The van der Waals surface area contributed by atoms with Gasteiger partial charge in [-0.1, -0.05) is 12.8 Å². The Morgan fingerprint density at radius 1 is 1.15 bits per heavy atom. The number of ether oxygens (including phenoxy) is 2. The third-order valence-electron chi connectivity index (χ3n) is 4.20. The Kier molecular flexibility index (Phi) is 6.98. The third-order valence-corrected chi connectivity index (χ3v) is 6.12. The van der Waals surface area contributed by atoms with Gasteiger partial charge in [0.25, 0.3) is 5.91 Å². The summed E-state index contributed by atoms with van der Waals surface area (Å²) in [5.41, 5.74) is 0.0445. The van der Waals surface area contributed by atoms with Gasteiger partial charge in [-0.3, -0.25) is 4.79 Å². The average Bonchev–Trinajstić information content (AvgIpc) is 2.95. The SMILES string of the molecule is CNC(=O)COC(=O)c1ccc(OC)c(S(=O)(=O)N2CCCCCC2)c1. The number of methoxy groups -OCH3 is 1. The van der Waals surface area contributed by atoms with Crippen LogP contribution in [-0.4, -0.2) is 58.5 Å². The van der Waals surface area contributed by atoms with Crippen molar-refractivity contribution < 1.29 is 27.5 Å². The van der Waals surface area contributed by atoms with Gasteiger partial charge in [-0.25, -0.2) is 13.2 Å². The molecular weight excluding hydrogens is 360 g/mol. The zero-order valence-corrected chi connectivity index (χ0v) is 15.8. The summed E-state index contributed by atoms with van der Waals surface area (Å²) in [4.78, 5) is 23.3. The number of carbonyl (C=O) groups is 2. The minimum Gasteiger partial charge on any atom is -0.495 e. The molecule has 1 aliphatic heterocycles. The van der Waals surface area contributed by atoms with Crippen LogP contribution >= 0.6 is 0 Å². The predicted molar refractivity (Wildman–Crippen MR) is 94.6 cm³/mol. The van der Waals surface area contributed by atoms with Crippen molar-refractivity contribution in [1.29, 1.82) is 0 Å². The average molecular weight is 384 g/mol. The number of likely N-dealkylation sites (N-methyl/N-ethyl adjacent to an activating group) is 1. The maximum atomic E-state index is 13.0. The van der Waals surface area contributed by atoms with Crippen molar-refractivity contribution in [3.05, 3.63) is 23.8 Å². The van der Waals surface area contributed by atoms with E-state index in [4.69, 9.17) is 9.47 Å². The van der Waals surface area contributed by atoms with Crippen molar-refractivity contribution in [3.8, 4) is 5.75 Å². The van der Waals surface area contributed by atoms with Gasteiger partial charge in [-0.2, -0.15) is 4.31 Å². The quantitative estimate of drug-likeness (QED) is 0.739. The molecule has 144 valence electrons. The van der Waals surface area contributed by atoms with E-state index >= 15 is 0 Å². The van der Waals surface area contributed by atoms with Crippen LogP contribution in [0.2, 0.25) is 0 Å². The second kappa shape index (κ2) is 9.00. The molecule has 1 heterocycles. The van der Waals surface area contributed by atoms with Gasteiger partial charge in [0.05, 0.1) is 12.7 Å². The summed E-state index contributed by atoms with van der Waals surface area (Å²) in [6.07, 6.45) is 3.59. The van der Waals surface area contributed by atoms with Crippen molar-refractivity contribution in [2.45, 2.75) is 30.6 Å². The van der Waals surface area contributed by atoms with Crippen molar-refractivity contribution >= 4 is 21.9 Å². The Morgan fingerprint density at radius 3 is 2.38 bits per heavy atom. The van der Waals surface area contributed by atoms with Crippen LogP contribution in [0.1, 0.15) is 36.0 Å². The van der Waals surface area contributed by atoms with Gasteiger partial charge in [0.1, 0.15) is 10.6 Å². The second-order valence-corrected chi connectivity index (χ2v) is 7.84. The summed E-state index contributed by atoms with van der Waals surface area (Å²) < 4.78 is 37.6. The highest BCUT2D eigenvalue weighted by atomic mass is 32.2. The molecule has 1 aromatic rings. The molecule has 1 amide bonds. The molecule has 8 nitrogen and oxygen atoms in total. The highest BCUT2D eigenvalue weighted by Gasteiger charge is 2.29. The fourth-order valence-electron chi connectivity index (χ4n) is 2.71. The summed E-state index contributed by atoms with van der Waals surface area (Å²) in [5, 5.41) is 2.34. The lowest BCUT2D eigenvalue weighted by Gasteiger charge is -2.21. The lowest BCUT2D eigenvalue weighted by Crippen LogP contribution is -2.32. The molecule has 1 aliphatic rings. The summed E-state index contributed by atoms with van der Waals surface area (Å²) in [6, 6.07) is 4.07. The van der Waals surface area contributed by atoms with Crippen LogP contribution in [-0.2, 0) is 19.6 Å². The Labute approximate surface area is 153 Å². The molecule has 0 saturated carbocycles. The minimum absolute atomic E-state index is 0.0445. The molecule has 0 aliphatic carbocycles. The standard InChI is InChI=1S/C17H24N2O6S/c1-18-16(20)12-25-17(21)13-7-8-14(24-2)15(11-13)26(22,23)19-9-5-3-4-6-10-19/h7-8,11H,3-6,9-10,12H2,1-2H3,(H,18,20). The highest BCUT2D eigenvalue weighted by Crippen LogP contribution is 2.29. The Hall–Kier alpha value is -2.13. The third kappa shape index (κ3) is 4.73. The summed E-state index contributed by atoms with van der Waals surface area (Å²) in [7, 11) is -0.997. The maximum Gasteiger partial charge on any atom is 0.338 e. The van der Waals surface area contributed by atoms with Crippen molar-refractivity contribution in [2.24, 2.45) is 0 Å². The van der Waals surface area contributed by atoms with Gasteiger partial charge in [-0.05, 0) is 31.0 Å². The number of esters is 1. The monoisotopic (exact) mass is 384 g/mol. The van der Waals surface area contributed by atoms with E-state index in [-0.39, 0.29) is 16.2 Å². The van der Waals surface area contributed by atoms with Gasteiger partial charge in [0.2, 0.25) is 10.0 Å². The molecule has 1 fully saturated rings. The van der Waals surface area contributed by atoms with Crippen LogP contribution in [0.4, 0.5) is 0 Å². The fraction of sp³-hybridized carbons (Fsp3) is 0.529. The first-order valence-electron chi connectivity index (χ1n) is 8.46. The molecule has 2 rings (SSSR count). The summed E-state index contributed by atoms with van der Waals surface area (Å²) >= 11 is 0. The molecule has 0 spiro atoms. The van der Waals surface area contributed by atoms with E-state index in [0.717, 1.165) is 25.7 Å². The Balaban J connectivity index is 2.31. The van der Waals surface area contributed by atoms with Gasteiger partial charge < -0.3 is 14.8 Å². The van der Waals surface area contributed by atoms with Crippen LogP contribution in [0.3, 0.4) is 0 Å². The molecule has 0 unspecified atom stereocenters. The van der Waals surface area contributed by atoms with Crippen molar-refractivity contribution in [1.82, 2.24) is 9.62 Å². The fourth-order valence-corrected chi connectivity index (χ4v) is 4.41. The van der Waals surface area contributed by atoms with E-state index in [9.17, 15) is 18.0 Å². The van der Waals surface area contributed by atoms with E-state index in [1.165, 1.54) is 36.7 Å². The lowest BCUT2D eigenvalue weighted by atomic mass is 10.2. The number of sulfonamides is 1. The predicted octanol–water partition coefficient (Wildman–Crippen LogP) is 1.16. The molecule has 1 aromatic carbocycles. The normalized spacial score (nSPS) is 15.8. The highest BCUT2D eigenvalue weighted by molar-refractivity contribution is 7.89. The van der Waals surface area contributed by atoms with Gasteiger partial charge in [0, 0.05) is 20.1 Å². The zero-order chi connectivity index (χ0) is 19.2. The molecule has 0 aromatic heterocycles. The molecule has 0 bridgehead atoms. The molecule has 9 heteroatoms. The molecule has 1 N–H and O–H groups in total. The van der Waals surface area contributed by atoms with E-state index in [1.54, 1.807) is 0 Å². The molecule has 26 heavy (non-hydrogen) atoms. The first-order chi connectivity index (χ1) is 12.4. The number of hydrogen-bond acceptors (Lipinski definition) is 6. The largest absolute Gasteiger partial charge is 0.495 e. The van der Waals surface area contributed by atoms with Crippen molar-refractivity contribution in [2.75, 3.05) is 33.9 Å². The molecule has 1 saturated heterocycles. The zero-order valence-electron chi connectivity index (χ0n) is 15.0. The van der Waals surface area contributed by atoms with Crippen LogP contribution in [0.15, 0.2) is 23.1 Å². The number of hydrogen-bond donors (Lipinski definition) is 1. The Morgan fingerprint density at radius 2 is 1.81 bits per heavy atom. The molecule has 0 atom stereocenters. The van der Waals surface area contributed by atoms with Gasteiger partial charge in [0.15, 0.2) is 6.61 Å². The summed E-state index contributed by atoms with van der Waals surface area (Å²) in [6.45, 7) is 0.448. The number of rotatable bonds is 6. The topological polar surface area (TPSA) is 102 Å². The first kappa shape index (κ1) is 20.2.